The summed E-state index contributed by atoms with van der Waals surface area (Å²) < 4.78 is 1.36. The van der Waals surface area contributed by atoms with Crippen LogP contribution in [0.1, 0.15) is 29.3 Å². The molecule has 0 aliphatic rings. The molecule has 2 rings (SSSR count). The predicted octanol–water partition coefficient (Wildman–Crippen LogP) is 0.504. The van der Waals surface area contributed by atoms with E-state index in [1.807, 2.05) is 13.0 Å². The van der Waals surface area contributed by atoms with Gasteiger partial charge in [-0.1, -0.05) is 6.07 Å². The maximum atomic E-state index is 12.2. The molecule has 20 heavy (non-hydrogen) atoms. The highest BCUT2D eigenvalue weighted by Gasteiger charge is 2.13. The highest BCUT2D eigenvalue weighted by Crippen LogP contribution is 2.01. The molecule has 0 aliphatic heterocycles. The first-order chi connectivity index (χ1) is 9.49. The van der Waals surface area contributed by atoms with Gasteiger partial charge in [-0.05, 0) is 31.9 Å². The molecular weight excluding hydrogens is 258 g/mol. The SMILES string of the molecule is Cc1ccc2ncc(C(=O)NCCC(C)O)c(=O)n2c1. The fourth-order valence-electron chi connectivity index (χ4n) is 1.83. The number of fused-ring (bicyclic) bond motifs is 1. The number of carbonyl (C=O) groups excluding carboxylic acids is 1. The van der Waals surface area contributed by atoms with Crippen molar-refractivity contribution < 1.29 is 9.90 Å². The summed E-state index contributed by atoms with van der Waals surface area (Å²) in [6.07, 6.45) is 2.88. The van der Waals surface area contributed by atoms with E-state index in [1.54, 1.807) is 19.2 Å². The van der Waals surface area contributed by atoms with Gasteiger partial charge in [0.05, 0.1) is 6.10 Å². The lowest BCUT2D eigenvalue weighted by molar-refractivity contribution is 0.0943. The van der Waals surface area contributed by atoms with Crippen molar-refractivity contribution in [2.45, 2.75) is 26.4 Å². The fourth-order valence-corrected chi connectivity index (χ4v) is 1.83. The Balaban J connectivity index is 2.28. The van der Waals surface area contributed by atoms with E-state index in [1.165, 1.54) is 10.6 Å². The molecule has 0 bridgehead atoms. The molecule has 0 saturated heterocycles. The van der Waals surface area contributed by atoms with E-state index in [2.05, 4.69) is 10.3 Å². The number of hydrogen-bond acceptors (Lipinski definition) is 4. The van der Waals surface area contributed by atoms with Crippen LogP contribution in [-0.4, -0.2) is 33.0 Å². The Hall–Kier alpha value is -2.21. The molecule has 1 unspecified atom stereocenters. The Labute approximate surface area is 116 Å². The Morgan fingerprint density at radius 3 is 2.95 bits per heavy atom. The molecule has 2 heterocycles. The third-order valence-electron chi connectivity index (χ3n) is 2.94. The zero-order valence-corrected chi connectivity index (χ0v) is 11.5. The minimum absolute atomic E-state index is 0.00121. The Bertz CT molecular complexity index is 692. The summed E-state index contributed by atoms with van der Waals surface area (Å²) in [5.74, 6) is -0.473. The van der Waals surface area contributed by atoms with Gasteiger partial charge in [0.1, 0.15) is 11.2 Å². The van der Waals surface area contributed by atoms with E-state index < -0.39 is 17.6 Å². The number of nitrogens with one attached hydrogen (secondary N) is 1. The average molecular weight is 275 g/mol. The van der Waals surface area contributed by atoms with Gasteiger partial charge in [-0.3, -0.25) is 14.0 Å². The van der Waals surface area contributed by atoms with E-state index in [4.69, 9.17) is 5.11 Å². The number of rotatable bonds is 4. The van der Waals surface area contributed by atoms with Gasteiger partial charge in [-0.15, -0.1) is 0 Å². The van der Waals surface area contributed by atoms with Gasteiger partial charge in [-0.2, -0.15) is 0 Å². The van der Waals surface area contributed by atoms with Crippen molar-refractivity contribution in [1.29, 1.82) is 0 Å². The summed E-state index contributed by atoms with van der Waals surface area (Å²) in [6.45, 7) is 3.81. The highest BCUT2D eigenvalue weighted by molar-refractivity contribution is 5.93. The van der Waals surface area contributed by atoms with Crippen LogP contribution in [0.25, 0.3) is 5.65 Å². The zero-order chi connectivity index (χ0) is 14.7. The van der Waals surface area contributed by atoms with E-state index in [-0.39, 0.29) is 5.56 Å². The lowest BCUT2D eigenvalue weighted by atomic mass is 10.2. The second kappa shape index (κ2) is 5.83. The van der Waals surface area contributed by atoms with E-state index in [0.29, 0.717) is 18.6 Å². The lowest BCUT2D eigenvalue weighted by Gasteiger charge is -2.07. The molecule has 0 spiro atoms. The molecule has 0 aromatic carbocycles. The number of aromatic nitrogens is 2. The highest BCUT2D eigenvalue weighted by atomic mass is 16.3. The number of amides is 1. The topological polar surface area (TPSA) is 83.7 Å². The first-order valence-electron chi connectivity index (χ1n) is 6.43. The second-order valence-electron chi connectivity index (χ2n) is 4.81. The maximum absolute atomic E-state index is 12.2. The Morgan fingerprint density at radius 2 is 2.25 bits per heavy atom. The van der Waals surface area contributed by atoms with Gasteiger partial charge in [-0.25, -0.2) is 4.98 Å². The Morgan fingerprint density at radius 1 is 1.50 bits per heavy atom. The minimum Gasteiger partial charge on any atom is -0.393 e. The van der Waals surface area contributed by atoms with Crippen LogP contribution < -0.4 is 10.9 Å². The largest absolute Gasteiger partial charge is 0.393 e. The number of hydrogen-bond donors (Lipinski definition) is 2. The molecule has 6 heteroatoms. The van der Waals surface area contributed by atoms with Crippen LogP contribution in [0.2, 0.25) is 0 Å². The van der Waals surface area contributed by atoms with Gasteiger partial charge >= 0.3 is 0 Å². The van der Waals surface area contributed by atoms with Crippen LogP contribution in [-0.2, 0) is 0 Å². The van der Waals surface area contributed by atoms with E-state index in [9.17, 15) is 9.59 Å². The smallest absolute Gasteiger partial charge is 0.270 e. The molecule has 0 radical (unpaired) electrons. The fraction of sp³-hybridized carbons (Fsp3) is 0.357. The van der Waals surface area contributed by atoms with Crippen LogP contribution in [0.15, 0.2) is 29.3 Å². The van der Waals surface area contributed by atoms with Gasteiger partial charge in [0.15, 0.2) is 0 Å². The molecule has 2 aromatic heterocycles. The summed E-state index contributed by atoms with van der Waals surface area (Å²) in [6, 6.07) is 3.58. The van der Waals surface area contributed by atoms with Crippen molar-refractivity contribution in [3.8, 4) is 0 Å². The standard InChI is InChI=1S/C14H17N3O3/c1-9-3-4-12-16-7-11(14(20)17(12)8-9)13(19)15-6-5-10(2)18/h3-4,7-8,10,18H,5-6H2,1-2H3,(H,15,19). The summed E-state index contributed by atoms with van der Waals surface area (Å²) in [4.78, 5) is 28.3. The number of aliphatic hydroxyl groups is 1. The third-order valence-corrected chi connectivity index (χ3v) is 2.94. The van der Waals surface area contributed by atoms with Crippen LogP contribution >= 0.6 is 0 Å². The number of aliphatic hydroxyl groups excluding tert-OH is 1. The van der Waals surface area contributed by atoms with E-state index in [0.717, 1.165) is 5.56 Å². The molecule has 0 saturated carbocycles. The number of carbonyl (C=O) groups is 1. The number of aryl methyl sites for hydroxylation is 1. The summed E-state index contributed by atoms with van der Waals surface area (Å²) in [7, 11) is 0. The third kappa shape index (κ3) is 3.03. The zero-order valence-electron chi connectivity index (χ0n) is 11.5. The van der Waals surface area contributed by atoms with Crippen molar-refractivity contribution in [3.63, 3.8) is 0 Å². The monoisotopic (exact) mass is 275 g/mol. The summed E-state index contributed by atoms with van der Waals surface area (Å²) in [5.41, 5.74) is 1.01. The summed E-state index contributed by atoms with van der Waals surface area (Å²) in [5, 5.41) is 11.7. The van der Waals surface area contributed by atoms with Gasteiger partial charge in [0, 0.05) is 18.9 Å². The summed E-state index contributed by atoms with van der Waals surface area (Å²) >= 11 is 0. The quantitative estimate of drug-likeness (QED) is 0.851. The Kier molecular flexibility index (Phi) is 4.14. The normalized spacial score (nSPS) is 12.3. The van der Waals surface area contributed by atoms with Crippen LogP contribution in [0, 0.1) is 6.92 Å². The first kappa shape index (κ1) is 14.2. The molecule has 0 fully saturated rings. The number of pyridine rings is 1. The average Bonchev–Trinajstić information content (AvgIpc) is 2.39. The molecule has 2 aromatic rings. The van der Waals surface area contributed by atoms with Gasteiger partial charge in [0.25, 0.3) is 11.5 Å². The molecule has 6 nitrogen and oxygen atoms in total. The molecule has 2 N–H and O–H groups in total. The molecule has 106 valence electrons. The lowest BCUT2D eigenvalue weighted by Crippen LogP contribution is -2.33. The van der Waals surface area contributed by atoms with Crippen molar-refractivity contribution in [2.24, 2.45) is 0 Å². The first-order valence-corrected chi connectivity index (χ1v) is 6.43. The number of nitrogens with zero attached hydrogens (tertiary/aromatic N) is 2. The van der Waals surface area contributed by atoms with E-state index >= 15 is 0 Å². The molecule has 0 aliphatic carbocycles. The van der Waals surface area contributed by atoms with Gasteiger partial charge in [0.2, 0.25) is 0 Å². The van der Waals surface area contributed by atoms with Crippen molar-refractivity contribution >= 4 is 11.6 Å². The molecule has 1 amide bonds. The molecular formula is C14H17N3O3. The van der Waals surface area contributed by atoms with Crippen molar-refractivity contribution in [3.05, 3.63) is 46.0 Å². The van der Waals surface area contributed by atoms with Crippen LogP contribution in [0.3, 0.4) is 0 Å². The minimum atomic E-state index is -0.492. The van der Waals surface area contributed by atoms with Crippen molar-refractivity contribution in [2.75, 3.05) is 6.54 Å². The van der Waals surface area contributed by atoms with Crippen molar-refractivity contribution in [1.82, 2.24) is 14.7 Å². The van der Waals surface area contributed by atoms with Gasteiger partial charge < -0.3 is 10.4 Å². The second-order valence-corrected chi connectivity index (χ2v) is 4.81. The maximum Gasteiger partial charge on any atom is 0.270 e. The van der Waals surface area contributed by atoms with Crippen LogP contribution in [0.4, 0.5) is 0 Å². The molecule has 1 atom stereocenters. The predicted molar refractivity (Wildman–Crippen MR) is 74.8 cm³/mol. The van der Waals surface area contributed by atoms with Crippen LogP contribution in [0.5, 0.6) is 0 Å².